The number of ether oxygens (including phenoxy) is 1. The van der Waals surface area contributed by atoms with E-state index >= 15 is 0 Å². The van der Waals surface area contributed by atoms with Crippen molar-refractivity contribution < 1.29 is 14.3 Å². The van der Waals surface area contributed by atoms with Gasteiger partial charge in [0.1, 0.15) is 5.75 Å². The van der Waals surface area contributed by atoms with Gasteiger partial charge in [0.05, 0.1) is 18.2 Å². The van der Waals surface area contributed by atoms with Crippen molar-refractivity contribution >= 4 is 11.8 Å². The SMILES string of the molecule is CCOc1ccccc1C(=O)N1CCCC[C@H]2CN(C(=O)c3ccc(CN(C)C)cc3)C[C@H]21. The molecule has 0 saturated carbocycles. The average molecular weight is 450 g/mol. The Labute approximate surface area is 197 Å². The van der Waals surface area contributed by atoms with E-state index in [1.165, 1.54) is 5.56 Å². The molecule has 2 aromatic rings. The Morgan fingerprint density at radius 1 is 1.00 bits per heavy atom. The molecule has 6 heteroatoms. The van der Waals surface area contributed by atoms with Gasteiger partial charge in [0.25, 0.3) is 11.8 Å². The lowest BCUT2D eigenvalue weighted by molar-refractivity contribution is 0.0642. The maximum Gasteiger partial charge on any atom is 0.257 e. The highest BCUT2D eigenvalue weighted by atomic mass is 16.5. The molecule has 2 aliphatic rings. The first-order valence-corrected chi connectivity index (χ1v) is 12.0. The molecule has 2 heterocycles. The van der Waals surface area contributed by atoms with E-state index in [1.807, 2.05) is 79.3 Å². The Balaban J connectivity index is 1.51. The topological polar surface area (TPSA) is 53.1 Å². The number of fused-ring (bicyclic) bond motifs is 1. The molecule has 2 aromatic carbocycles. The minimum Gasteiger partial charge on any atom is -0.493 e. The fourth-order valence-corrected chi connectivity index (χ4v) is 5.14. The fraction of sp³-hybridized carbons (Fsp3) is 0.481. The van der Waals surface area contributed by atoms with Gasteiger partial charge in [0.15, 0.2) is 0 Å². The summed E-state index contributed by atoms with van der Waals surface area (Å²) in [6, 6.07) is 15.4. The molecule has 2 amide bonds. The van der Waals surface area contributed by atoms with Crippen molar-refractivity contribution in [1.82, 2.24) is 14.7 Å². The third kappa shape index (κ3) is 5.22. The maximum absolute atomic E-state index is 13.6. The summed E-state index contributed by atoms with van der Waals surface area (Å²) in [4.78, 5) is 32.9. The van der Waals surface area contributed by atoms with Crippen LogP contribution in [0.4, 0.5) is 0 Å². The third-order valence-corrected chi connectivity index (χ3v) is 6.70. The molecule has 0 N–H and O–H groups in total. The molecule has 2 aliphatic heterocycles. The van der Waals surface area contributed by atoms with Crippen LogP contribution in [0.1, 0.15) is 52.5 Å². The van der Waals surface area contributed by atoms with Crippen molar-refractivity contribution in [3.8, 4) is 5.75 Å². The van der Waals surface area contributed by atoms with E-state index < -0.39 is 0 Å². The number of rotatable bonds is 6. The van der Waals surface area contributed by atoms with E-state index in [4.69, 9.17) is 4.74 Å². The van der Waals surface area contributed by atoms with Crippen LogP contribution in [0.2, 0.25) is 0 Å². The molecular formula is C27H35N3O3. The summed E-state index contributed by atoms with van der Waals surface area (Å²) in [6.45, 7) is 5.32. The third-order valence-electron chi connectivity index (χ3n) is 6.70. The maximum atomic E-state index is 13.6. The van der Waals surface area contributed by atoms with E-state index in [1.54, 1.807) is 0 Å². The van der Waals surface area contributed by atoms with E-state index in [0.717, 1.165) is 32.4 Å². The van der Waals surface area contributed by atoms with Gasteiger partial charge in [-0.3, -0.25) is 9.59 Å². The second-order valence-corrected chi connectivity index (χ2v) is 9.40. The Morgan fingerprint density at radius 2 is 1.76 bits per heavy atom. The molecular weight excluding hydrogens is 414 g/mol. The van der Waals surface area contributed by atoms with Crippen molar-refractivity contribution in [2.75, 3.05) is 40.3 Å². The molecule has 0 radical (unpaired) electrons. The molecule has 2 fully saturated rings. The molecule has 0 unspecified atom stereocenters. The van der Waals surface area contributed by atoms with Crippen LogP contribution in [-0.4, -0.2) is 72.9 Å². The lowest BCUT2D eigenvalue weighted by Crippen LogP contribution is -2.44. The molecule has 2 saturated heterocycles. The summed E-state index contributed by atoms with van der Waals surface area (Å²) in [6.07, 6.45) is 3.13. The first kappa shape index (κ1) is 23.3. The van der Waals surface area contributed by atoms with Crippen LogP contribution in [0.15, 0.2) is 48.5 Å². The van der Waals surface area contributed by atoms with E-state index in [0.29, 0.717) is 42.5 Å². The fourth-order valence-electron chi connectivity index (χ4n) is 5.14. The summed E-state index contributed by atoms with van der Waals surface area (Å²) in [5, 5.41) is 0. The lowest BCUT2D eigenvalue weighted by atomic mass is 9.98. The molecule has 0 spiro atoms. The molecule has 4 rings (SSSR count). The Hall–Kier alpha value is -2.86. The molecule has 6 nitrogen and oxygen atoms in total. The van der Waals surface area contributed by atoms with Crippen LogP contribution in [0, 0.1) is 5.92 Å². The number of carbonyl (C=O) groups excluding carboxylic acids is 2. The summed E-state index contributed by atoms with van der Waals surface area (Å²) in [5.41, 5.74) is 2.52. The molecule has 0 aliphatic carbocycles. The minimum atomic E-state index is 0.0123. The number of nitrogens with zero attached hydrogens (tertiary/aromatic N) is 3. The highest BCUT2D eigenvalue weighted by Crippen LogP contribution is 2.33. The van der Waals surface area contributed by atoms with Crippen LogP contribution in [0.5, 0.6) is 5.75 Å². The van der Waals surface area contributed by atoms with Gasteiger partial charge in [-0.1, -0.05) is 30.7 Å². The minimum absolute atomic E-state index is 0.0123. The first-order chi connectivity index (χ1) is 16.0. The summed E-state index contributed by atoms with van der Waals surface area (Å²) in [7, 11) is 4.07. The zero-order valence-electron chi connectivity index (χ0n) is 20.0. The van der Waals surface area contributed by atoms with E-state index in [2.05, 4.69) is 4.90 Å². The van der Waals surface area contributed by atoms with Crippen molar-refractivity contribution in [1.29, 1.82) is 0 Å². The first-order valence-electron chi connectivity index (χ1n) is 12.0. The van der Waals surface area contributed by atoms with Crippen molar-refractivity contribution in [3.05, 3.63) is 65.2 Å². The van der Waals surface area contributed by atoms with Gasteiger partial charge in [-0.15, -0.1) is 0 Å². The zero-order chi connectivity index (χ0) is 23.4. The van der Waals surface area contributed by atoms with Crippen LogP contribution in [0.25, 0.3) is 0 Å². The molecule has 33 heavy (non-hydrogen) atoms. The molecule has 0 bridgehead atoms. The Bertz CT molecular complexity index is 973. The normalized spacial score (nSPS) is 20.5. The predicted octanol–water partition coefficient (Wildman–Crippen LogP) is 3.91. The Morgan fingerprint density at radius 3 is 2.48 bits per heavy atom. The van der Waals surface area contributed by atoms with Gasteiger partial charge in [0.2, 0.25) is 0 Å². The molecule has 2 atom stereocenters. The van der Waals surface area contributed by atoms with Gasteiger partial charge >= 0.3 is 0 Å². The monoisotopic (exact) mass is 449 g/mol. The van der Waals surface area contributed by atoms with Gasteiger partial charge in [-0.25, -0.2) is 0 Å². The lowest BCUT2D eigenvalue weighted by Gasteiger charge is -2.30. The van der Waals surface area contributed by atoms with Crippen molar-refractivity contribution in [2.24, 2.45) is 5.92 Å². The highest BCUT2D eigenvalue weighted by molar-refractivity contribution is 5.97. The zero-order valence-corrected chi connectivity index (χ0v) is 20.0. The molecule has 176 valence electrons. The number of para-hydroxylation sites is 1. The highest BCUT2D eigenvalue weighted by Gasteiger charge is 2.42. The average Bonchev–Trinajstić information content (AvgIpc) is 3.13. The summed E-state index contributed by atoms with van der Waals surface area (Å²) in [5.74, 6) is 1.02. The van der Waals surface area contributed by atoms with Gasteiger partial charge in [-0.05, 0) is 69.6 Å². The van der Waals surface area contributed by atoms with Gasteiger partial charge in [-0.2, -0.15) is 0 Å². The number of hydrogen-bond acceptors (Lipinski definition) is 4. The summed E-state index contributed by atoms with van der Waals surface area (Å²) < 4.78 is 5.73. The van der Waals surface area contributed by atoms with Crippen LogP contribution < -0.4 is 4.74 Å². The van der Waals surface area contributed by atoms with Crippen molar-refractivity contribution in [3.63, 3.8) is 0 Å². The number of hydrogen-bond donors (Lipinski definition) is 0. The van der Waals surface area contributed by atoms with Crippen LogP contribution in [-0.2, 0) is 6.54 Å². The second kappa shape index (κ2) is 10.4. The Kier molecular flexibility index (Phi) is 7.33. The van der Waals surface area contributed by atoms with E-state index in [9.17, 15) is 9.59 Å². The largest absolute Gasteiger partial charge is 0.493 e. The standard InChI is InChI=1S/C27H35N3O3/c1-4-33-25-11-6-5-10-23(25)27(32)30-16-8-7-9-22-18-29(19-24(22)30)26(31)21-14-12-20(13-15-21)17-28(2)3/h5-6,10-15,22,24H,4,7-9,16-19H2,1-3H3/t22-,24+/m0/s1. The van der Waals surface area contributed by atoms with Gasteiger partial charge in [0, 0.05) is 31.7 Å². The van der Waals surface area contributed by atoms with Crippen molar-refractivity contribution in [2.45, 2.75) is 38.8 Å². The molecule has 0 aromatic heterocycles. The van der Waals surface area contributed by atoms with Gasteiger partial charge < -0.3 is 19.4 Å². The number of likely N-dealkylation sites (tertiary alicyclic amines) is 2. The summed E-state index contributed by atoms with van der Waals surface area (Å²) >= 11 is 0. The second-order valence-electron chi connectivity index (χ2n) is 9.40. The smallest absolute Gasteiger partial charge is 0.257 e. The quantitative estimate of drug-likeness (QED) is 0.671. The van der Waals surface area contributed by atoms with Crippen LogP contribution in [0.3, 0.4) is 0 Å². The number of amides is 2. The number of carbonyl (C=O) groups is 2. The van der Waals surface area contributed by atoms with E-state index in [-0.39, 0.29) is 17.9 Å². The number of benzene rings is 2. The predicted molar refractivity (Wildman–Crippen MR) is 130 cm³/mol. The van der Waals surface area contributed by atoms with Crippen LogP contribution >= 0.6 is 0 Å².